The number of anilines is 1. The highest BCUT2D eigenvalue weighted by Gasteiger charge is 2.18. The molecule has 0 bridgehead atoms. The van der Waals surface area contributed by atoms with Gasteiger partial charge in [0.2, 0.25) is 0 Å². The molecule has 164 valence electrons. The number of aryl methyl sites for hydroxylation is 1. The van der Waals surface area contributed by atoms with Crippen molar-refractivity contribution in [1.29, 1.82) is 0 Å². The Hall–Kier alpha value is -2.32. The predicted molar refractivity (Wildman–Crippen MR) is 128 cm³/mol. The van der Waals surface area contributed by atoms with Gasteiger partial charge in [-0.3, -0.25) is 9.69 Å². The lowest BCUT2D eigenvalue weighted by Gasteiger charge is -2.33. The molecule has 1 saturated heterocycles. The van der Waals surface area contributed by atoms with Crippen LogP contribution in [0.15, 0.2) is 47.5 Å². The summed E-state index contributed by atoms with van der Waals surface area (Å²) in [5.41, 5.74) is 15.0. The van der Waals surface area contributed by atoms with Crippen molar-refractivity contribution in [3.05, 3.63) is 59.2 Å². The smallest absolute Gasteiger partial charge is 0.255 e. The number of hydrogen-bond acceptors (Lipinski definition) is 4. The molecule has 0 radical (unpaired) electrons. The number of carbonyl (C=O) groups is 1. The summed E-state index contributed by atoms with van der Waals surface area (Å²) < 4.78 is 0. The second-order valence-corrected chi connectivity index (χ2v) is 7.08. The molecule has 7 nitrogen and oxygen atoms in total. The van der Waals surface area contributed by atoms with Gasteiger partial charge in [-0.2, -0.15) is 0 Å². The molecule has 6 N–H and O–H groups in total. The summed E-state index contributed by atoms with van der Waals surface area (Å²) in [6, 6.07) is 13.6. The van der Waals surface area contributed by atoms with E-state index in [1.165, 1.54) is 5.56 Å². The number of nitrogens with two attached hydrogens (primary N) is 2. The van der Waals surface area contributed by atoms with Gasteiger partial charge in [0, 0.05) is 43.5 Å². The van der Waals surface area contributed by atoms with Crippen LogP contribution in [-0.2, 0) is 0 Å². The van der Waals surface area contributed by atoms with E-state index < -0.39 is 0 Å². The zero-order valence-electron chi connectivity index (χ0n) is 17.2. The largest absolute Gasteiger partial charge is 0.370 e. The quantitative estimate of drug-likeness (QED) is 0.411. The average molecular weight is 453 g/mol. The molecular weight excluding hydrogens is 423 g/mol. The number of hydrogen-bond donors (Lipinski definition) is 4. The van der Waals surface area contributed by atoms with Crippen molar-refractivity contribution in [3.8, 4) is 0 Å². The van der Waals surface area contributed by atoms with Crippen LogP contribution in [0.5, 0.6) is 0 Å². The van der Waals surface area contributed by atoms with Crippen LogP contribution in [0.2, 0.25) is 0 Å². The number of carbonyl (C=O) groups excluding carboxylic acids is 1. The van der Waals surface area contributed by atoms with E-state index >= 15 is 0 Å². The number of amides is 1. The number of aliphatic imine (C=N–C) groups is 1. The van der Waals surface area contributed by atoms with E-state index in [0.29, 0.717) is 23.0 Å². The van der Waals surface area contributed by atoms with Crippen LogP contribution in [0.3, 0.4) is 0 Å². The molecule has 1 amide bonds. The van der Waals surface area contributed by atoms with Crippen molar-refractivity contribution in [2.75, 3.05) is 31.5 Å². The van der Waals surface area contributed by atoms with Crippen LogP contribution in [0.4, 0.5) is 11.4 Å². The normalized spacial score (nSPS) is 14.6. The first kappa shape index (κ1) is 25.7. The fourth-order valence-corrected chi connectivity index (χ4v) is 3.34. The molecule has 0 spiro atoms. The standard InChI is InChI=1S/C21H28N6O.2ClH/c1-14-3-8-18(13-19(14)26-21(22)23)25-20(28)17-6-4-16(5-7-17)15(2)27-11-9-24-10-12-27;;/h3-8,13,15,24H,9-12H2,1-2H3,(H,25,28)(H4,22,23,26);2*1H. The van der Waals surface area contributed by atoms with Crippen molar-refractivity contribution < 1.29 is 4.79 Å². The van der Waals surface area contributed by atoms with E-state index in [0.717, 1.165) is 31.7 Å². The molecule has 1 atom stereocenters. The van der Waals surface area contributed by atoms with Gasteiger partial charge in [0.1, 0.15) is 0 Å². The highest BCUT2D eigenvalue weighted by Crippen LogP contribution is 2.24. The van der Waals surface area contributed by atoms with E-state index in [-0.39, 0.29) is 36.7 Å². The maximum atomic E-state index is 12.6. The first-order valence-electron chi connectivity index (χ1n) is 9.50. The number of nitrogens with zero attached hydrogens (tertiary/aromatic N) is 2. The number of rotatable bonds is 5. The molecule has 1 heterocycles. The molecular formula is C21H30Cl2N6O. The highest BCUT2D eigenvalue weighted by molar-refractivity contribution is 6.04. The van der Waals surface area contributed by atoms with E-state index in [1.807, 2.05) is 43.3 Å². The summed E-state index contributed by atoms with van der Waals surface area (Å²) in [5.74, 6) is -0.179. The fraction of sp³-hybridized carbons (Fsp3) is 0.333. The third kappa shape index (κ3) is 6.60. The van der Waals surface area contributed by atoms with Crippen molar-refractivity contribution in [3.63, 3.8) is 0 Å². The van der Waals surface area contributed by atoms with Crippen LogP contribution >= 0.6 is 24.8 Å². The lowest BCUT2D eigenvalue weighted by atomic mass is 10.0. The third-order valence-electron chi connectivity index (χ3n) is 5.07. The van der Waals surface area contributed by atoms with Gasteiger partial charge in [-0.25, -0.2) is 4.99 Å². The first-order chi connectivity index (χ1) is 13.4. The summed E-state index contributed by atoms with van der Waals surface area (Å²) in [6.07, 6.45) is 0. The minimum Gasteiger partial charge on any atom is -0.370 e. The molecule has 0 aliphatic carbocycles. The van der Waals surface area contributed by atoms with Gasteiger partial charge in [0.15, 0.2) is 5.96 Å². The molecule has 1 unspecified atom stereocenters. The number of halogens is 2. The Labute approximate surface area is 190 Å². The van der Waals surface area contributed by atoms with Gasteiger partial charge in [-0.1, -0.05) is 18.2 Å². The molecule has 0 aromatic heterocycles. The molecule has 30 heavy (non-hydrogen) atoms. The molecule has 2 aromatic rings. The SMILES string of the molecule is Cc1ccc(NC(=O)c2ccc(C(C)N3CCNCC3)cc2)cc1N=C(N)N.Cl.Cl. The average Bonchev–Trinajstić information content (AvgIpc) is 2.70. The molecule has 1 aliphatic heterocycles. The number of guanidine groups is 1. The molecule has 9 heteroatoms. The molecule has 1 fully saturated rings. The van der Waals surface area contributed by atoms with E-state index in [1.54, 1.807) is 6.07 Å². The van der Waals surface area contributed by atoms with Gasteiger partial charge in [0.25, 0.3) is 5.91 Å². The molecule has 3 rings (SSSR count). The molecule has 2 aromatic carbocycles. The van der Waals surface area contributed by atoms with E-state index in [9.17, 15) is 4.79 Å². The maximum absolute atomic E-state index is 12.6. The molecule has 1 aliphatic rings. The van der Waals surface area contributed by atoms with E-state index in [4.69, 9.17) is 11.5 Å². The third-order valence-corrected chi connectivity index (χ3v) is 5.07. The van der Waals surface area contributed by atoms with Gasteiger partial charge < -0.3 is 22.1 Å². The van der Waals surface area contributed by atoms with Crippen LogP contribution < -0.4 is 22.1 Å². The van der Waals surface area contributed by atoms with Crippen LogP contribution in [0, 0.1) is 6.92 Å². The second kappa shape index (κ2) is 11.8. The summed E-state index contributed by atoms with van der Waals surface area (Å²) in [4.78, 5) is 19.1. The highest BCUT2D eigenvalue weighted by atomic mass is 35.5. The van der Waals surface area contributed by atoms with Crippen LogP contribution in [0.25, 0.3) is 0 Å². The van der Waals surface area contributed by atoms with Crippen molar-refractivity contribution >= 4 is 48.1 Å². The predicted octanol–water partition coefficient (Wildman–Crippen LogP) is 2.96. The topological polar surface area (TPSA) is 109 Å². The van der Waals surface area contributed by atoms with Gasteiger partial charge in [-0.05, 0) is 49.2 Å². The summed E-state index contributed by atoms with van der Waals surface area (Å²) >= 11 is 0. The van der Waals surface area contributed by atoms with Gasteiger partial charge >= 0.3 is 0 Å². The Morgan fingerprint density at radius 3 is 2.33 bits per heavy atom. The van der Waals surface area contributed by atoms with Crippen molar-refractivity contribution in [2.24, 2.45) is 16.5 Å². The first-order valence-corrected chi connectivity index (χ1v) is 9.50. The summed E-state index contributed by atoms with van der Waals surface area (Å²) in [6.45, 7) is 8.22. The Balaban J connectivity index is 0.00000225. The van der Waals surface area contributed by atoms with Crippen molar-refractivity contribution in [2.45, 2.75) is 19.9 Å². The maximum Gasteiger partial charge on any atom is 0.255 e. The number of nitrogens with one attached hydrogen (secondary N) is 2. The number of piperazine rings is 1. The Kier molecular flexibility index (Phi) is 10.1. The summed E-state index contributed by atoms with van der Waals surface area (Å²) in [5, 5.41) is 6.27. The lowest BCUT2D eigenvalue weighted by molar-refractivity contribution is 0.102. The zero-order valence-corrected chi connectivity index (χ0v) is 18.9. The Morgan fingerprint density at radius 2 is 1.73 bits per heavy atom. The monoisotopic (exact) mass is 452 g/mol. The minimum atomic E-state index is -0.166. The Bertz CT molecular complexity index is 862. The second-order valence-electron chi connectivity index (χ2n) is 7.08. The van der Waals surface area contributed by atoms with E-state index in [2.05, 4.69) is 27.4 Å². The van der Waals surface area contributed by atoms with Crippen LogP contribution in [-0.4, -0.2) is 42.9 Å². The summed E-state index contributed by atoms with van der Waals surface area (Å²) in [7, 11) is 0. The fourth-order valence-electron chi connectivity index (χ4n) is 3.34. The zero-order chi connectivity index (χ0) is 20.1. The van der Waals surface area contributed by atoms with Crippen LogP contribution in [0.1, 0.15) is 34.5 Å². The number of benzene rings is 2. The van der Waals surface area contributed by atoms with Gasteiger partial charge in [-0.15, -0.1) is 24.8 Å². The van der Waals surface area contributed by atoms with Crippen molar-refractivity contribution in [1.82, 2.24) is 10.2 Å². The Morgan fingerprint density at radius 1 is 1.10 bits per heavy atom. The minimum absolute atomic E-state index is 0. The van der Waals surface area contributed by atoms with Gasteiger partial charge in [0.05, 0.1) is 5.69 Å². The molecule has 0 saturated carbocycles. The lowest BCUT2D eigenvalue weighted by Crippen LogP contribution is -2.44.